The second-order valence-electron chi connectivity index (χ2n) is 3.97. The Hall–Kier alpha value is -1.90. The Morgan fingerprint density at radius 2 is 2.06 bits per heavy atom. The molecule has 88 valence electrons. The first-order chi connectivity index (χ1) is 8.31. The van der Waals surface area contributed by atoms with Crippen LogP contribution in [0.3, 0.4) is 0 Å². The first kappa shape index (κ1) is 11.6. The van der Waals surface area contributed by atoms with Crippen LogP contribution in [0.15, 0.2) is 40.9 Å². The normalized spacial score (nSPS) is 10.4. The largest absolute Gasteiger partial charge is 0.356 e. The van der Waals surface area contributed by atoms with E-state index in [9.17, 15) is 4.79 Å². The van der Waals surface area contributed by atoms with Gasteiger partial charge in [-0.2, -0.15) is 0 Å². The van der Waals surface area contributed by atoms with Gasteiger partial charge in [-0.05, 0) is 6.42 Å². The second-order valence-corrected chi connectivity index (χ2v) is 3.97. The molecule has 0 aliphatic rings. The lowest BCUT2D eigenvalue weighted by Crippen LogP contribution is -1.98. The van der Waals surface area contributed by atoms with E-state index in [-0.39, 0.29) is 5.78 Å². The Balaban J connectivity index is 2.14. The van der Waals surface area contributed by atoms with Crippen molar-refractivity contribution in [2.45, 2.75) is 26.2 Å². The molecule has 0 saturated heterocycles. The third kappa shape index (κ3) is 2.81. The Morgan fingerprint density at radius 1 is 1.29 bits per heavy atom. The van der Waals surface area contributed by atoms with Gasteiger partial charge < -0.3 is 4.52 Å². The molecule has 1 aromatic carbocycles. The summed E-state index contributed by atoms with van der Waals surface area (Å²) < 4.78 is 5.18. The van der Waals surface area contributed by atoms with Gasteiger partial charge in [0.05, 0.1) is 0 Å². The summed E-state index contributed by atoms with van der Waals surface area (Å²) in [6, 6.07) is 11.4. The SMILES string of the molecule is CCCCC(=O)c1cc(-c2ccccc2)on1. The third-order valence-electron chi connectivity index (χ3n) is 2.61. The molecule has 0 amide bonds. The van der Waals surface area contributed by atoms with Gasteiger partial charge >= 0.3 is 0 Å². The average Bonchev–Trinajstić information content (AvgIpc) is 2.86. The van der Waals surface area contributed by atoms with Crippen molar-refractivity contribution >= 4 is 5.78 Å². The van der Waals surface area contributed by atoms with Crippen molar-refractivity contribution in [1.82, 2.24) is 5.16 Å². The molecule has 0 fully saturated rings. The first-order valence-corrected chi connectivity index (χ1v) is 5.86. The molecule has 0 spiro atoms. The number of hydrogen-bond donors (Lipinski definition) is 0. The molecule has 2 rings (SSSR count). The molecule has 0 aliphatic heterocycles. The summed E-state index contributed by atoms with van der Waals surface area (Å²) in [6.45, 7) is 2.06. The third-order valence-corrected chi connectivity index (χ3v) is 2.61. The van der Waals surface area contributed by atoms with Crippen molar-refractivity contribution in [1.29, 1.82) is 0 Å². The number of nitrogens with zero attached hydrogens (tertiary/aromatic N) is 1. The average molecular weight is 229 g/mol. The maximum atomic E-state index is 11.7. The summed E-state index contributed by atoms with van der Waals surface area (Å²) in [4.78, 5) is 11.7. The number of aromatic nitrogens is 1. The Morgan fingerprint density at radius 3 is 2.76 bits per heavy atom. The lowest BCUT2D eigenvalue weighted by Gasteiger charge is -1.92. The van der Waals surface area contributed by atoms with Crippen LogP contribution in [0.5, 0.6) is 0 Å². The molecule has 3 nitrogen and oxygen atoms in total. The van der Waals surface area contributed by atoms with Crippen molar-refractivity contribution in [3.8, 4) is 11.3 Å². The van der Waals surface area contributed by atoms with Gasteiger partial charge in [0.1, 0.15) is 5.69 Å². The minimum atomic E-state index is 0.0535. The van der Waals surface area contributed by atoms with Crippen LogP contribution in [0, 0.1) is 0 Å². The molecule has 0 saturated carbocycles. The fourth-order valence-corrected chi connectivity index (χ4v) is 1.61. The van der Waals surface area contributed by atoms with E-state index in [1.165, 1.54) is 0 Å². The molecule has 2 aromatic rings. The molecule has 0 bridgehead atoms. The molecular formula is C14H15NO2. The molecule has 0 aliphatic carbocycles. The van der Waals surface area contributed by atoms with Crippen LogP contribution >= 0.6 is 0 Å². The zero-order chi connectivity index (χ0) is 12.1. The fraction of sp³-hybridized carbons (Fsp3) is 0.286. The summed E-state index contributed by atoms with van der Waals surface area (Å²) >= 11 is 0. The minimum Gasteiger partial charge on any atom is -0.356 e. The van der Waals surface area contributed by atoms with E-state index in [1.807, 2.05) is 30.3 Å². The highest BCUT2D eigenvalue weighted by Gasteiger charge is 2.12. The van der Waals surface area contributed by atoms with Crippen LogP contribution in [0.4, 0.5) is 0 Å². The topological polar surface area (TPSA) is 43.1 Å². The highest BCUT2D eigenvalue weighted by molar-refractivity contribution is 5.94. The van der Waals surface area contributed by atoms with Gasteiger partial charge in [-0.25, -0.2) is 0 Å². The number of benzene rings is 1. The van der Waals surface area contributed by atoms with Gasteiger partial charge in [0, 0.05) is 18.1 Å². The summed E-state index contributed by atoms with van der Waals surface area (Å²) in [5.41, 5.74) is 1.37. The van der Waals surface area contributed by atoms with Crippen LogP contribution in [0.25, 0.3) is 11.3 Å². The van der Waals surface area contributed by atoms with Crippen LogP contribution in [-0.4, -0.2) is 10.9 Å². The number of rotatable bonds is 5. The smallest absolute Gasteiger partial charge is 0.184 e. The molecule has 0 N–H and O–H groups in total. The van der Waals surface area contributed by atoms with Crippen LogP contribution in [0.1, 0.15) is 36.7 Å². The van der Waals surface area contributed by atoms with Crippen LogP contribution in [-0.2, 0) is 0 Å². The van der Waals surface area contributed by atoms with E-state index in [0.29, 0.717) is 17.9 Å². The van der Waals surface area contributed by atoms with Gasteiger partial charge in [0.2, 0.25) is 0 Å². The van der Waals surface area contributed by atoms with Crippen LogP contribution < -0.4 is 0 Å². The molecule has 1 heterocycles. The monoisotopic (exact) mass is 229 g/mol. The predicted octanol–water partition coefficient (Wildman–Crippen LogP) is 3.71. The van der Waals surface area contributed by atoms with Crippen molar-refractivity contribution in [2.75, 3.05) is 0 Å². The number of hydrogen-bond acceptors (Lipinski definition) is 3. The van der Waals surface area contributed by atoms with E-state index in [1.54, 1.807) is 6.07 Å². The highest BCUT2D eigenvalue weighted by atomic mass is 16.5. The van der Waals surface area contributed by atoms with Crippen molar-refractivity contribution in [2.24, 2.45) is 0 Å². The Kier molecular flexibility index (Phi) is 3.70. The predicted molar refractivity (Wildman–Crippen MR) is 65.8 cm³/mol. The maximum absolute atomic E-state index is 11.7. The lowest BCUT2D eigenvalue weighted by atomic mass is 10.1. The Labute approximate surface area is 100 Å². The van der Waals surface area contributed by atoms with E-state index in [0.717, 1.165) is 18.4 Å². The van der Waals surface area contributed by atoms with E-state index in [2.05, 4.69) is 12.1 Å². The van der Waals surface area contributed by atoms with Gasteiger partial charge in [-0.1, -0.05) is 48.8 Å². The van der Waals surface area contributed by atoms with Gasteiger partial charge in [0.25, 0.3) is 0 Å². The summed E-state index contributed by atoms with van der Waals surface area (Å²) in [5, 5.41) is 3.82. The summed E-state index contributed by atoms with van der Waals surface area (Å²) in [6.07, 6.45) is 2.44. The molecule has 3 heteroatoms. The maximum Gasteiger partial charge on any atom is 0.184 e. The van der Waals surface area contributed by atoms with Crippen molar-refractivity contribution in [3.05, 3.63) is 42.1 Å². The van der Waals surface area contributed by atoms with E-state index < -0.39 is 0 Å². The molecule has 0 atom stereocenters. The summed E-state index contributed by atoms with van der Waals surface area (Å²) in [7, 11) is 0. The summed E-state index contributed by atoms with van der Waals surface area (Å²) in [5.74, 6) is 0.697. The van der Waals surface area contributed by atoms with Gasteiger partial charge in [0.15, 0.2) is 11.5 Å². The van der Waals surface area contributed by atoms with Gasteiger partial charge in [-0.15, -0.1) is 0 Å². The van der Waals surface area contributed by atoms with E-state index in [4.69, 9.17) is 4.52 Å². The molecule has 0 radical (unpaired) electrons. The standard InChI is InChI=1S/C14H15NO2/c1-2-3-9-13(16)12-10-14(17-15-12)11-7-5-4-6-8-11/h4-8,10H,2-3,9H2,1H3. The Bertz CT molecular complexity index is 488. The van der Waals surface area contributed by atoms with E-state index >= 15 is 0 Å². The molecule has 17 heavy (non-hydrogen) atoms. The zero-order valence-corrected chi connectivity index (χ0v) is 9.85. The number of unbranched alkanes of at least 4 members (excludes halogenated alkanes) is 1. The number of carbonyl (C=O) groups excluding carboxylic acids is 1. The molecule has 1 aromatic heterocycles. The lowest BCUT2D eigenvalue weighted by molar-refractivity contribution is 0.0971. The molecular weight excluding hydrogens is 214 g/mol. The van der Waals surface area contributed by atoms with Crippen molar-refractivity contribution < 1.29 is 9.32 Å². The van der Waals surface area contributed by atoms with Gasteiger partial charge in [-0.3, -0.25) is 4.79 Å². The number of carbonyl (C=O) groups is 1. The second kappa shape index (κ2) is 5.43. The first-order valence-electron chi connectivity index (χ1n) is 5.86. The highest BCUT2D eigenvalue weighted by Crippen LogP contribution is 2.20. The number of ketones is 1. The number of Topliss-reactive ketones (excluding diaryl/α,β-unsaturated/α-hetero) is 1. The van der Waals surface area contributed by atoms with Crippen molar-refractivity contribution in [3.63, 3.8) is 0 Å². The minimum absolute atomic E-state index is 0.0535. The fourth-order valence-electron chi connectivity index (χ4n) is 1.61. The van der Waals surface area contributed by atoms with Crippen LogP contribution in [0.2, 0.25) is 0 Å². The quantitative estimate of drug-likeness (QED) is 0.734. The molecule has 0 unspecified atom stereocenters. The zero-order valence-electron chi connectivity index (χ0n) is 9.85.